The van der Waals surface area contributed by atoms with Gasteiger partial charge in [0, 0.05) is 18.2 Å². The third-order valence-electron chi connectivity index (χ3n) is 3.57. The second-order valence-corrected chi connectivity index (χ2v) is 5.49. The van der Waals surface area contributed by atoms with E-state index in [0.29, 0.717) is 19.6 Å². The summed E-state index contributed by atoms with van der Waals surface area (Å²) in [6, 6.07) is 2.07. The standard InChI is InChI=1S/C12H11ClF3NO.C2H6O/c13-7-3-8(14)11(9(15)4-7)17-2-1-12(6-18-12)10(16)5-17;1-2-3/h3-4,10H,1-2,5-6H2;3H,2H2,1H3/t10-,12-;/m0./s1. The number of nitrogens with zero attached hydrogens (tertiary/aromatic N) is 1. The van der Waals surface area contributed by atoms with E-state index in [9.17, 15) is 13.2 Å². The van der Waals surface area contributed by atoms with Crippen LogP contribution in [0.15, 0.2) is 12.1 Å². The van der Waals surface area contributed by atoms with Crippen molar-refractivity contribution in [2.75, 3.05) is 31.2 Å². The van der Waals surface area contributed by atoms with Gasteiger partial charge in [-0.2, -0.15) is 0 Å². The summed E-state index contributed by atoms with van der Waals surface area (Å²) >= 11 is 5.55. The number of epoxide rings is 1. The Hall–Kier alpha value is -0.980. The van der Waals surface area contributed by atoms with E-state index in [2.05, 4.69) is 0 Å². The van der Waals surface area contributed by atoms with Crippen LogP contribution in [0.4, 0.5) is 18.9 Å². The SMILES string of the molecule is CCO.Fc1cc(Cl)cc(F)c1N1CC[C@]2(CO2)[C@@H](F)C1. The third kappa shape index (κ3) is 3.44. The van der Waals surface area contributed by atoms with E-state index in [1.807, 2.05) is 0 Å². The molecule has 2 aliphatic heterocycles. The van der Waals surface area contributed by atoms with Crippen LogP contribution in [-0.4, -0.2) is 43.2 Å². The number of alkyl halides is 1. The van der Waals surface area contributed by atoms with E-state index < -0.39 is 23.4 Å². The fourth-order valence-electron chi connectivity index (χ4n) is 2.39. The van der Waals surface area contributed by atoms with Crippen molar-refractivity contribution < 1.29 is 23.0 Å². The highest BCUT2D eigenvalue weighted by molar-refractivity contribution is 6.30. The van der Waals surface area contributed by atoms with E-state index in [1.54, 1.807) is 6.92 Å². The van der Waals surface area contributed by atoms with E-state index in [0.717, 1.165) is 12.1 Å². The lowest BCUT2D eigenvalue weighted by Gasteiger charge is -2.34. The summed E-state index contributed by atoms with van der Waals surface area (Å²) in [4.78, 5) is 1.37. The van der Waals surface area contributed by atoms with Gasteiger partial charge < -0.3 is 14.7 Å². The van der Waals surface area contributed by atoms with Gasteiger partial charge in [-0.25, -0.2) is 13.2 Å². The average Bonchev–Trinajstić information content (AvgIpc) is 3.15. The minimum absolute atomic E-state index is 0.00967. The predicted octanol–water partition coefficient (Wildman–Crippen LogP) is 2.93. The molecule has 1 aromatic rings. The Kier molecular flexibility index (Phi) is 5.01. The van der Waals surface area contributed by atoms with E-state index in [4.69, 9.17) is 21.4 Å². The van der Waals surface area contributed by atoms with Crippen LogP contribution in [0.25, 0.3) is 0 Å². The average molecular weight is 324 g/mol. The molecule has 0 radical (unpaired) electrons. The lowest BCUT2D eigenvalue weighted by atomic mass is 9.95. The lowest BCUT2D eigenvalue weighted by molar-refractivity contribution is 0.137. The van der Waals surface area contributed by atoms with Crippen molar-refractivity contribution in [3.8, 4) is 0 Å². The molecule has 1 spiro atoms. The number of aliphatic hydroxyl groups is 1. The molecule has 0 aromatic heterocycles. The molecular weight excluding hydrogens is 307 g/mol. The molecule has 118 valence electrons. The number of aliphatic hydroxyl groups excluding tert-OH is 1. The van der Waals surface area contributed by atoms with Gasteiger partial charge in [-0.1, -0.05) is 11.6 Å². The first-order valence-corrected chi connectivity index (χ1v) is 7.09. The molecule has 2 atom stereocenters. The molecule has 2 saturated heterocycles. The molecule has 2 aliphatic rings. The molecule has 2 fully saturated rings. The van der Waals surface area contributed by atoms with Crippen LogP contribution in [-0.2, 0) is 4.74 Å². The van der Waals surface area contributed by atoms with Gasteiger partial charge >= 0.3 is 0 Å². The summed E-state index contributed by atoms with van der Waals surface area (Å²) in [5.41, 5.74) is -0.909. The number of ether oxygens (including phenoxy) is 1. The smallest absolute Gasteiger partial charge is 0.151 e. The van der Waals surface area contributed by atoms with Gasteiger partial charge in [0.05, 0.1) is 13.2 Å². The first kappa shape index (κ1) is 16.4. The number of piperidine rings is 1. The van der Waals surface area contributed by atoms with Crippen molar-refractivity contribution in [1.82, 2.24) is 0 Å². The van der Waals surface area contributed by atoms with Gasteiger partial charge in [0.1, 0.15) is 17.5 Å². The molecule has 3 nitrogen and oxygen atoms in total. The van der Waals surface area contributed by atoms with Gasteiger partial charge in [0.2, 0.25) is 0 Å². The quantitative estimate of drug-likeness (QED) is 0.807. The summed E-state index contributed by atoms with van der Waals surface area (Å²) in [5, 5.41) is 7.56. The van der Waals surface area contributed by atoms with E-state index in [-0.39, 0.29) is 23.9 Å². The maximum Gasteiger partial charge on any atom is 0.151 e. The van der Waals surface area contributed by atoms with Crippen LogP contribution in [0.2, 0.25) is 5.02 Å². The van der Waals surface area contributed by atoms with Gasteiger partial charge in [0.25, 0.3) is 0 Å². The monoisotopic (exact) mass is 323 g/mol. The van der Waals surface area contributed by atoms with Crippen LogP contribution in [0.3, 0.4) is 0 Å². The largest absolute Gasteiger partial charge is 0.397 e. The molecule has 2 heterocycles. The minimum Gasteiger partial charge on any atom is -0.397 e. The van der Waals surface area contributed by atoms with E-state index in [1.165, 1.54) is 4.90 Å². The Bertz CT molecular complexity index is 488. The van der Waals surface area contributed by atoms with Crippen LogP contribution in [0.5, 0.6) is 0 Å². The van der Waals surface area contributed by atoms with Crippen LogP contribution in [0, 0.1) is 11.6 Å². The topological polar surface area (TPSA) is 36.0 Å². The Morgan fingerprint density at radius 3 is 2.38 bits per heavy atom. The molecule has 0 unspecified atom stereocenters. The normalized spacial score (nSPS) is 27.3. The highest BCUT2D eigenvalue weighted by Gasteiger charge is 2.55. The predicted molar refractivity (Wildman–Crippen MR) is 74.5 cm³/mol. The first-order chi connectivity index (χ1) is 9.93. The summed E-state index contributed by atoms with van der Waals surface area (Å²) in [6.45, 7) is 2.64. The zero-order valence-corrected chi connectivity index (χ0v) is 12.3. The molecule has 0 amide bonds. The third-order valence-corrected chi connectivity index (χ3v) is 3.79. The van der Waals surface area contributed by atoms with Crippen LogP contribution < -0.4 is 4.90 Å². The van der Waals surface area contributed by atoms with Crippen LogP contribution in [0.1, 0.15) is 13.3 Å². The number of halogens is 4. The molecule has 7 heteroatoms. The lowest BCUT2D eigenvalue weighted by Crippen LogP contribution is -2.47. The van der Waals surface area contributed by atoms with Gasteiger partial charge in [0.15, 0.2) is 11.6 Å². The van der Waals surface area contributed by atoms with Crippen molar-refractivity contribution in [2.45, 2.75) is 25.1 Å². The van der Waals surface area contributed by atoms with Crippen molar-refractivity contribution >= 4 is 17.3 Å². The van der Waals surface area contributed by atoms with Gasteiger partial charge in [-0.05, 0) is 25.5 Å². The maximum absolute atomic E-state index is 13.9. The summed E-state index contributed by atoms with van der Waals surface area (Å²) in [6.07, 6.45) is -0.781. The van der Waals surface area contributed by atoms with Crippen LogP contribution >= 0.6 is 11.6 Å². The Morgan fingerprint density at radius 1 is 1.43 bits per heavy atom. The van der Waals surface area contributed by atoms with Gasteiger partial charge in [-0.3, -0.25) is 0 Å². The summed E-state index contributed by atoms with van der Waals surface area (Å²) < 4.78 is 46.4. The van der Waals surface area contributed by atoms with Gasteiger partial charge in [-0.15, -0.1) is 0 Å². The summed E-state index contributed by atoms with van der Waals surface area (Å²) in [7, 11) is 0. The maximum atomic E-state index is 13.9. The van der Waals surface area contributed by atoms with Crippen molar-refractivity contribution in [1.29, 1.82) is 0 Å². The molecule has 0 saturated carbocycles. The van der Waals surface area contributed by atoms with Crippen molar-refractivity contribution in [2.24, 2.45) is 0 Å². The highest BCUT2D eigenvalue weighted by atomic mass is 35.5. The summed E-state index contributed by atoms with van der Waals surface area (Å²) in [5.74, 6) is -1.53. The van der Waals surface area contributed by atoms with Crippen molar-refractivity contribution in [3.63, 3.8) is 0 Å². The molecular formula is C14H17ClF3NO2. The molecule has 1 N–H and O–H groups in total. The number of hydrogen-bond donors (Lipinski definition) is 1. The number of benzene rings is 1. The Labute approximate surface area is 126 Å². The Morgan fingerprint density at radius 2 is 1.95 bits per heavy atom. The molecule has 1 aromatic carbocycles. The highest BCUT2D eigenvalue weighted by Crippen LogP contribution is 2.41. The van der Waals surface area contributed by atoms with Crippen molar-refractivity contribution in [3.05, 3.63) is 28.8 Å². The fourth-order valence-corrected chi connectivity index (χ4v) is 2.58. The molecule has 21 heavy (non-hydrogen) atoms. The minimum atomic E-state index is -1.22. The zero-order valence-electron chi connectivity index (χ0n) is 11.6. The second-order valence-electron chi connectivity index (χ2n) is 5.05. The number of anilines is 1. The zero-order chi connectivity index (χ0) is 15.6. The molecule has 0 aliphatic carbocycles. The fraction of sp³-hybridized carbons (Fsp3) is 0.571. The molecule has 0 bridgehead atoms. The molecule has 3 rings (SSSR count). The number of rotatable bonds is 1. The Balaban J connectivity index is 0.000000497. The van der Waals surface area contributed by atoms with E-state index >= 15 is 0 Å². The number of hydrogen-bond acceptors (Lipinski definition) is 3. The first-order valence-electron chi connectivity index (χ1n) is 6.72. The second kappa shape index (κ2) is 6.42.